The van der Waals surface area contributed by atoms with Gasteiger partial charge in [0, 0.05) is 26.6 Å². The molecular weight excluding hydrogens is 298 g/mol. The Labute approximate surface area is 121 Å². The van der Waals surface area contributed by atoms with Gasteiger partial charge in [0.15, 0.2) is 0 Å². The van der Waals surface area contributed by atoms with Gasteiger partial charge in [-0.1, -0.05) is 53.0 Å². The van der Waals surface area contributed by atoms with Crippen LogP contribution in [0.3, 0.4) is 0 Å². The summed E-state index contributed by atoms with van der Waals surface area (Å²) in [5.74, 6) is 0.947. The van der Waals surface area contributed by atoms with Crippen molar-refractivity contribution in [3.8, 4) is 0 Å². The van der Waals surface area contributed by atoms with Crippen LogP contribution >= 0.6 is 15.9 Å². The third kappa shape index (κ3) is 2.08. The first kappa shape index (κ1) is 11.5. The fourth-order valence-electron chi connectivity index (χ4n) is 2.84. The molecule has 1 nitrogen and oxygen atoms in total. The fourth-order valence-corrected chi connectivity index (χ4v) is 3.66. The Morgan fingerprint density at radius 2 is 1.84 bits per heavy atom. The summed E-state index contributed by atoms with van der Waals surface area (Å²) < 4.78 is 0. The number of alkyl halides is 1. The van der Waals surface area contributed by atoms with E-state index in [0.29, 0.717) is 4.83 Å². The average molecular weight is 314 g/mol. The van der Waals surface area contributed by atoms with Crippen molar-refractivity contribution in [2.24, 2.45) is 5.92 Å². The van der Waals surface area contributed by atoms with Gasteiger partial charge in [-0.2, -0.15) is 0 Å². The van der Waals surface area contributed by atoms with Gasteiger partial charge in [-0.15, -0.1) is 0 Å². The second kappa shape index (κ2) is 4.38. The number of nitrogens with one attached hydrogen (secondary N) is 1. The summed E-state index contributed by atoms with van der Waals surface area (Å²) in [6, 6.07) is 15.3. The Kier molecular flexibility index (Phi) is 2.66. The van der Waals surface area contributed by atoms with Crippen LogP contribution in [0.5, 0.6) is 0 Å². The number of rotatable bonds is 3. The second-order valence-corrected chi connectivity index (χ2v) is 6.73. The number of H-pyrrole nitrogens is 1. The van der Waals surface area contributed by atoms with Crippen LogP contribution in [0.4, 0.5) is 0 Å². The maximum Gasteiger partial charge on any atom is 0.0465 e. The average Bonchev–Trinajstić information content (AvgIpc) is 3.17. The molecule has 0 aliphatic heterocycles. The molecule has 1 saturated carbocycles. The smallest absolute Gasteiger partial charge is 0.0465 e. The van der Waals surface area contributed by atoms with Gasteiger partial charge in [0.05, 0.1) is 0 Å². The summed E-state index contributed by atoms with van der Waals surface area (Å²) >= 11 is 3.85. The Morgan fingerprint density at radius 3 is 2.68 bits per heavy atom. The zero-order chi connectivity index (χ0) is 12.8. The first-order valence-electron chi connectivity index (χ1n) is 6.96. The molecule has 1 aliphatic rings. The normalized spacial score (nSPS) is 17.1. The Morgan fingerprint density at radius 1 is 1.05 bits per heavy atom. The third-order valence-corrected chi connectivity index (χ3v) is 5.03. The van der Waals surface area contributed by atoms with Crippen molar-refractivity contribution in [3.63, 3.8) is 0 Å². The molecule has 1 N–H and O–H groups in total. The summed E-state index contributed by atoms with van der Waals surface area (Å²) in [6.45, 7) is 0. The van der Waals surface area contributed by atoms with Gasteiger partial charge in [-0.3, -0.25) is 0 Å². The molecule has 1 unspecified atom stereocenters. The molecule has 0 bridgehead atoms. The van der Waals surface area contributed by atoms with Gasteiger partial charge in [-0.25, -0.2) is 0 Å². The Bertz CT molecular complexity index is 739. The Hall–Kier alpha value is -1.28. The highest BCUT2D eigenvalue weighted by molar-refractivity contribution is 9.09. The lowest BCUT2D eigenvalue weighted by atomic mass is 10.0. The van der Waals surface area contributed by atoms with E-state index in [2.05, 4.69) is 63.4 Å². The first-order chi connectivity index (χ1) is 9.31. The number of hydrogen-bond acceptors (Lipinski definition) is 0. The second-order valence-electron chi connectivity index (χ2n) is 5.62. The molecule has 0 radical (unpaired) electrons. The number of halogens is 1. The first-order valence-corrected chi connectivity index (χ1v) is 7.87. The van der Waals surface area contributed by atoms with E-state index in [1.807, 2.05) is 0 Å². The van der Waals surface area contributed by atoms with Crippen molar-refractivity contribution in [2.45, 2.75) is 24.1 Å². The van der Waals surface area contributed by atoms with E-state index < -0.39 is 0 Å². The molecular formula is C17H16BrN. The molecule has 4 rings (SSSR count). The van der Waals surface area contributed by atoms with E-state index in [0.717, 1.165) is 5.92 Å². The van der Waals surface area contributed by atoms with Crippen LogP contribution in [-0.2, 0) is 0 Å². The standard InChI is InChI=1S/C17H16BrN/c18-15(9-11-5-6-11)12-7-8-17-14(10-12)13-3-1-2-4-16(13)19-17/h1-4,7-8,10-11,15,19H,5-6,9H2. The van der Waals surface area contributed by atoms with Crippen molar-refractivity contribution in [1.82, 2.24) is 4.98 Å². The maximum atomic E-state index is 3.85. The SMILES string of the molecule is BrC(CC1CC1)c1ccc2[nH]c3ccccc3c2c1. The van der Waals surface area contributed by atoms with Crippen LogP contribution in [0, 0.1) is 5.92 Å². The van der Waals surface area contributed by atoms with Gasteiger partial charge in [0.25, 0.3) is 0 Å². The number of para-hydroxylation sites is 1. The van der Waals surface area contributed by atoms with Crippen molar-refractivity contribution in [2.75, 3.05) is 0 Å². The molecule has 96 valence electrons. The molecule has 0 spiro atoms. The van der Waals surface area contributed by atoms with Crippen molar-refractivity contribution in [3.05, 3.63) is 48.0 Å². The highest BCUT2D eigenvalue weighted by Crippen LogP contribution is 2.42. The van der Waals surface area contributed by atoms with Crippen LogP contribution in [0.2, 0.25) is 0 Å². The lowest BCUT2D eigenvalue weighted by Crippen LogP contribution is -1.91. The van der Waals surface area contributed by atoms with Crippen molar-refractivity contribution >= 4 is 37.7 Å². The van der Waals surface area contributed by atoms with Gasteiger partial charge >= 0.3 is 0 Å². The molecule has 1 aliphatic carbocycles. The van der Waals surface area contributed by atoms with Crippen LogP contribution < -0.4 is 0 Å². The van der Waals surface area contributed by atoms with Crippen LogP contribution in [-0.4, -0.2) is 4.98 Å². The summed E-state index contributed by atoms with van der Waals surface area (Å²) in [5.41, 5.74) is 3.86. The lowest BCUT2D eigenvalue weighted by Gasteiger charge is -2.09. The molecule has 1 aromatic heterocycles. The minimum Gasteiger partial charge on any atom is -0.355 e. The van der Waals surface area contributed by atoms with Gasteiger partial charge < -0.3 is 4.98 Å². The molecule has 1 heterocycles. The van der Waals surface area contributed by atoms with E-state index in [9.17, 15) is 0 Å². The lowest BCUT2D eigenvalue weighted by molar-refractivity contribution is 0.722. The quantitative estimate of drug-likeness (QED) is 0.609. The van der Waals surface area contributed by atoms with Crippen molar-refractivity contribution < 1.29 is 0 Å². The summed E-state index contributed by atoms with van der Waals surface area (Å²) in [6.07, 6.45) is 4.10. The van der Waals surface area contributed by atoms with E-state index in [1.54, 1.807) is 0 Å². The highest BCUT2D eigenvalue weighted by Gasteiger charge is 2.25. The molecule has 0 amide bonds. The van der Waals surface area contributed by atoms with E-state index in [4.69, 9.17) is 0 Å². The topological polar surface area (TPSA) is 15.8 Å². The van der Waals surface area contributed by atoms with Gasteiger partial charge in [-0.05, 0) is 36.1 Å². The minimum absolute atomic E-state index is 0.498. The molecule has 1 atom stereocenters. The molecule has 0 saturated heterocycles. The van der Waals surface area contributed by atoms with Gasteiger partial charge in [0.1, 0.15) is 0 Å². The predicted octanol–water partition coefficient (Wildman–Crippen LogP) is 5.56. The zero-order valence-electron chi connectivity index (χ0n) is 10.7. The van der Waals surface area contributed by atoms with Crippen molar-refractivity contribution in [1.29, 1.82) is 0 Å². The Balaban J connectivity index is 1.82. The molecule has 3 aromatic rings. The number of aromatic amines is 1. The van der Waals surface area contributed by atoms with E-state index in [1.165, 1.54) is 46.6 Å². The highest BCUT2D eigenvalue weighted by atomic mass is 79.9. The number of hydrogen-bond donors (Lipinski definition) is 1. The number of fused-ring (bicyclic) bond motifs is 3. The molecule has 1 fully saturated rings. The predicted molar refractivity (Wildman–Crippen MR) is 84.8 cm³/mol. The van der Waals surface area contributed by atoms with Crippen LogP contribution in [0.15, 0.2) is 42.5 Å². The largest absolute Gasteiger partial charge is 0.355 e. The number of benzene rings is 2. The molecule has 2 heteroatoms. The number of aromatic nitrogens is 1. The van der Waals surface area contributed by atoms with E-state index >= 15 is 0 Å². The maximum absolute atomic E-state index is 3.85. The molecule has 2 aromatic carbocycles. The summed E-state index contributed by atoms with van der Waals surface area (Å²) in [4.78, 5) is 3.98. The summed E-state index contributed by atoms with van der Waals surface area (Å²) in [5, 5.41) is 2.67. The third-order valence-electron chi connectivity index (χ3n) is 4.13. The van der Waals surface area contributed by atoms with E-state index in [-0.39, 0.29) is 0 Å². The van der Waals surface area contributed by atoms with Crippen LogP contribution in [0.1, 0.15) is 29.7 Å². The zero-order valence-corrected chi connectivity index (χ0v) is 12.3. The minimum atomic E-state index is 0.498. The molecule has 19 heavy (non-hydrogen) atoms. The van der Waals surface area contributed by atoms with Crippen LogP contribution in [0.25, 0.3) is 21.8 Å². The monoisotopic (exact) mass is 313 g/mol. The van der Waals surface area contributed by atoms with Gasteiger partial charge in [0.2, 0.25) is 0 Å². The fraction of sp³-hybridized carbons (Fsp3) is 0.294. The summed E-state index contributed by atoms with van der Waals surface area (Å²) in [7, 11) is 0.